The molecule has 3 rings (SSSR count). The van der Waals surface area contributed by atoms with E-state index in [2.05, 4.69) is 10.2 Å². The van der Waals surface area contributed by atoms with Gasteiger partial charge >= 0.3 is 5.97 Å². The van der Waals surface area contributed by atoms with Crippen molar-refractivity contribution in [2.75, 3.05) is 0 Å². The molecule has 0 aliphatic carbocycles. The van der Waals surface area contributed by atoms with Gasteiger partial charge in [0.1, 0.15) is 11.6 Å². The molecule has 0 unspecified atom stereocenters. The molecule has 1 heterocycles. The predicted molar refractivity (Wildman–Crippen MR) is 76.3 cm³/mol. The maximum Gasteiger partial charge on any atom is 0.336 e. The van der Waals surface area contributed by atoms with Gasteiger partial charge in [-0.1, -0.05) is 18.2 Å². The zero-order valence-corrected chi connectivity index (χ0v) is 11.2. The fourth-order valence-electron chi connectivity index (χ4n) is 2.21. The molecule has 0 aliphatic heterocycles. The molecule has 0 saturated heterocycles. The average molecular weight is 300 g/mol. The minimum atomic E-state index is -1.07. The van der Waals surface area contributed by atoms with Crippen molar-refractivity contribution in [3.63, 3.8) is 0 Å². The Labute approximate surface area is 124 Å². The van der Waals surface area contributed by atoms with E-state index in [0.717, 1.165) is 6.07 Å². The number of aromatic nitrogens is 2. The molecule has 2 aromatic carbocycles. The van der Waals surface area contributed by atoms with Crippen LogP contribution in [-0.4, -0.2) is 21.3 Å². The summed E-state index contributed by atoms with van der Waals surface area (Å²) in [4.78, 5) is 11.2. The Morgan fingerprint density at radius 1 is 1.05 bits per heavy atom. The number of halogens is 2. The van der Waals surface area contributed by atoms with E-state index in [4.69, 9.17) is 0 Å². The second-order valence-corrected chi connectivity index (χ2v) is 4.68. The standard InChI is InChI=1S/C16H10F2N2O2/c17-10-5-9(6-11(18)7-10)14-8-15(20-19-14)12-3-1-2-4-13(12)16(21)22/h1-8H,(H,19,20)(H,21,22). The first-order chi connectivity index (χ1) is 10.5. The summed E-state index contributed by atoms with van der Waals surface area (Å²) in [5.41, 5.74) is 1.61. The molecule has 110 valence electrons. The highest BCUT2D eigenvalue weighted by Crippen LogP contribution is 2.27. The van der Waals surface area contributed by atoms with Crippen molar-refractivity contribution in [2.24, 2.45) is 0 Å². The third kappa shape index (κ3) is 2.58. The number of carbonyl (C=O) groups is 1. The van der Waals surface area contributed by atoms with Gasteiger partial charge in [0.05, 0.1) is 17.0 Å². The van der Waals surface area contributed by atoms with Crippen LogP contribution in [0.2, 0.25) is 0 Å². The van der Waals surface area contributed by atoms with Gasteiger partial charge in [0.25, 0.3) is 0 Å². The summed E-state index contributed by atoms with van der Waals surface area (Å²) in [7, 11) is 0. The topological polar surface area (TPSA) is 66.0 Å². The monoisotopic (exact) mass is 300 g/mol. The summed E-state index contributed by atoms with van der Waals surface area (Å²) in [5.74, 6) is -2.47. The van der Waals surface area contributed by atoms with Crippen LogP contribution in [-0.2, 0) is 0 Å². The number of rotatable bonds is 3. The van der Waals surface area contributed by atoms with Gasteiger partial charge < -0.3 is 5.11 Å². The van der Waals surface area contributed by atoms with Gasteiger partial charge in [-0.15, -0.1) is 0 Å². The number of hydrogen-bond acceptors (Lipinski definition) is 2. The van der Waals surface area contributed by atoms with Crippen LogP contribution in [0.3, 0.4) is 0 Å². The summed E-state index contributed by atoms with van der Waals surface area (Å²) in [6.45, 7) is 0. The van der Waals surface area contributed by atoms with Crippen LogP contribution in [0.1, 0.15) is 10.4 Å². The van der Waals surface area contributed by atoms with E-state index in [9.17, 15) is 18.7 Å². The number of nitrogens with zero attached hydrogens (tertiary/aromatic N) is 1. The zero-order valence-electron chi connectivity index (χ0n) is 11.2. The van der Waals surface area contributed by atoms with Gasteiger partial charge in [0.2, 0.25) is 0 Å². The summed E-state index contributed by atoms with van der Waals surface area (Å²) >= 11 is 0. The first-order valence-corrected chi connectivity index (χ1v) is 6.39. The number of aromatic carboxylic acids is 1. The molecule has 0 radical (unpaired) electrons. The van der Waals surface area contributed by atoms with Crippen LogP contribution in [0.5, 0.6) is 0 Å². The maximum absolute atomic E-state index is 13.3. The number of nitrogens with one attached hydrogen (secondary N) is 1. The van der Waals surface area contributed by atoms with E-state index in [1.807, 2.05) is 0 Å². The molecular weight excluding hydrogens is 290 g/mol. The molecular formula is C16H10F2N2O2. The number of aromatic amines is 1. The predicted octanol–water partition coefficient (Wildman–Crippen LogP) is 3.72. The van der Waals surface area contributed by atoms with Crippen molar-refractivity contribution in [1.29, 1.82) is 0 Å². The molecule has 3 aromatic rings. The molecule has 0 saturated carbocycles. The number of hydrogen-bond donors (Lipinski definition) is 2. The first-order valence-electron chi connectivity index (χ1n) is 6.39. The van der Waals surface area contributed by atoms with Crippen LogP contribution >= 0.6 is 0 Å². The molecule has 0 fully saturated rings. The van der Waals surface area contributed by atoms with Crippen molar-refractivity contribution in [1.82, 2.24) is 10.2 Å². The number of H-pyrrole nitrogens is 1. The molecule has 4 nitrogen and oxygen atoms in total. The van der Waals surface area contributed by atoms with Crippen LogP contribution in [0.25, 0.3) is 22.5 Å². The van der Waals surface area contributed by atoms with Crippen LogP contribution in [0.15, 0.2) is 48.5 Å². The molecule has 0 spiro atoms. The first kappa shape index (κ1) is 13.9. The molecule has 2 N–H and O–H groups in total. The minimum Gasteiger partial charge on any atom is -0.478 e. The highest BCUT2D eigenvalue weighted by Gasteiger charge is 2.14. The highest BCUT2D eigenvalue weighted by atomic mass is 19.1. The van der Waals surface area contributed by atoms with E-state index in [1.165, 1.54) is 18.2 Å². The highest BCUT2D eigenvalue weighted by molar-refractivity contribution is 5.95. The van der Waals surface area contributed by atoms with Crippen LogP contribution in [0.4, 0.5) is 8.78 Å². The number of benzene rings is 2. The maximum atomic E-state index is 13.3. The molecule has 1 aromatic heterocycles. The smallest absolute Gasteiger partial charge is 0.336 e. The summed E-state index contributed by atoms with van der Waals surface area (Å²) in [6.07, 6.45) is 0. The van der Waals surface area contributed by atoms with E-state index in [0.29, 0.717) is 22.5 Å². The lowest BCUT2D eigenvalue weighted by Crippen LogP contribution is -1.98. The molecule has 0 atom stereocenters. The van der Waals surface area contributed by atoms with Crippen molar-refractivity contribution in [2.45, 2.75) is 0 Å². The summed E-state index contributed by atoms with van der Waals surface area (Å²) < 4.78 is 26.5. The fraction of sp³-hybridized carbons (Fsp3) is 0. The molecule has 22 heavy (non-hydrogen) atoms. The molecule has 0 bridgehead atoms. The Morgan fingerprint density at radius 3 is 2.41 bits per heavy atom. The molecule has 0 aliphatic rings. The van der Waals surface area contributed by atoms with Crippen molar-refractivity contribution < 1.29 is 18.7 Å². The third-order valence-corrected chi connectivity index (χ3v) is 3.18. The lowest BCUT2D eigenvalue weighted by molar-refractivity contribution is 0.0697. The van der Waals surface area contributed by atoms with Gasteiger partial charge in [-0.05, 0) is 24.3 Å². The Hall–Kier alpha value is -3.02. The van der Waals surface area contributed by atoms with E-state index < -0.39 is 17.6 Å². The van der Waals surface area contributed by atoms with E-state index >= 15 is 0 Å². The van der Waals surface area contributed by atoms with Crippen LogP contribution < -0.4 is 0 Å². The molecule has 6 heteroatoms. The van der Waals surface area contributed by atoms with Crippen molar-refractivity contribution in [3.05, 3.63) is 65.7 Å². The normalized spacial score (nSPS) is 10.6. The second-order valence-electron chi connectivity index (χ2n) is 4.68. The van der Waals surface area contributed by atoms with Gasteiger partial charge in [-0.3, -0.25) is 5.10 Å². The third-order valence-electron chi connectivity index (χ3n) is 3.18. The zero-order chi connectivity index (χ0) is 15.7. The van der Waals surface area contributed by atoms with E-state index in [-0.39, 0.29) is 5.56 Å². The second kappa shape index (κ2) is 5.40. The Balaban J connectivity index is 2.06. The number of carboxylic acids is 1. The van der Waals surface area contributed by atoms with Gasteiger partial charge in [0, 0.05) is 17.2 Å². The van der Waals surface area contributed by atoms with E-state index in [1.54, 1.807) is 24.3 Å². The van der Waals surface area contributed by atoms with Gasteiger partial charge in [-0.25, -0.2) is 13.6 Å². The van der Waals surface area contributed by atoms with Crippen LogP contribution in [0, 0.1) is 11.6 Å². The largest absolute Gasteiger partial charge is 0.478 e. The Morgan fingerprint density at radius 2 is 1.73 bits per heavy atom. The van der Waals surface area contributed by atoms with Crippen molar-refractivity contribution >= 4 is 5.97 Å². The average Bonchev–Trinajstić information content (AvgIpc) is 2.96. The quantitative estimate of drug-likeness (QED) is 0.774. The van der Waals surface area contributed by atoms with Gasteiger partial charge in [-0.2, -0.15) is 5.10 Å². The van der Waals surface area contributed by atoms with Crippen molar-refractivity contribution in [3.8, 4) is 22.5 Å². The molecule has 0 amide bonds. The summed E-state index contributed by atoms with van der Waals surface area (Å²) in [6, 6.07) is 11.1. The lowest BCUT2D eigenvalue weighted by atomic mass is 10.0. The Bertz CT molecular complexity index is 839. The number of carboxylic acid groups (broad SMARTS) is 1. The van der Waals surface area contributed by atoms with Gasteiger partial charge in [0.15, 0.2) is 0 Å². The lowest BCUT2D eigenvalue weighted by Gasteiger charge is -2.01. The SMILES string of the molecule is O=C(O)c1ccccc1-c1cc(-c2cc(F)cc(F)c2)[nH]n1. The fourth-order valence-corrected chi connectivity index (χ4v) is 2.21. The summed E-state index contributed by atoms with van der Waals surface area (Å²) in [5, 5.41) is 15.9. The minimum absolute atomic E-state index is 0.103. The Kier molecular flexibility index (Phi) is 3.42.